The molecule has 1 N–H and O–H groups in total. The van der Waals surface area contributed by atoms with Crippen molar-refractivity contribution in [2.24, 2.45) is 17.3 Å². The summed E-state index contributed by atoms with van der Waals surface area (Å²) in [5.74, 6) is -4.67. The third-order valence-electron chi connectivity index (χ3n) is 8.14. The van der Waals surface area contributed by atoms with Crippen LogP contribution in [0.5, 0.6) is 11.6 Å². The number of aromatic nitrogens is 2. The van der Waals surface area contributed by atoms with Crippen molar-refractivity contribution in [2.75, 3.05) is 26.9 Å². The first-order valence-corrected chi connectivity index (χ1v) is 14.0. The second-order valence-electron chi connectivity index (χ2n) is 12.3. The van der Waals surface area contributed by atoms with Crippen LogP contribution >= 0.6 is 0 Å². The number of carbonyl (C=O) groups is 3. The fourth-order valence-electron chi connectivity index (χ4n) is 5.45. The molecule has 1 aromatic heterocycles. The van der Waals surface area contributed by atoms with E-state index in [4.69, 9.17) is 18.9 Å². The molecule has 2 aromatic rings. The molecule has 3 heterocycles. The number of ether oxygens (including phenoxy) is 4. The van der Waals surface area contributed by atoms with Gasteiger partial charge in [-0.15, -0.1) is 0 Å². The molecule has 42 heavy (non-hydrogen) atoms. The summed E-state index contributed by atoms with van der Waals surface area (Å²) in [5, 5.41) is 2.69. The number of aldehydes is 1. The molecule has 228 valence electrons. The SMILES string of the molecule is COc1ccc2nc3c(nc2c1)O[C@H]1CN(C(=O)[C@H](C(C)(C)C)NC(=O)O[C@@H]2C[C@H]2CCOCC3(F)F)[C@H](C=O)[C@@H]1C. The van der Waals surface area contributed by atoms with E-state index in [1.54, 1.807) is 39.8 Å². The maximum absolute atomic E-state index is 15.7. The number of nitrogens with one attached hydrogen (secondary N) is 1. The van der Waals surface area contributed by atoms with Crippen LogP contribution in [0.1, 0.15) is 46.2 Å². The molecule has 0 unspecified atom stereocenters. The van der Waals surface area contributed by atoms with Gasteiger partial charge in [-0.2, -0.15) is 8.78 Å². The molecule has 2 fully saturated rings. The van der Waals surface area contributed by atoms with Crippen molar-refractivity contribution >= 4 is 29.3 Å². The number of amides is 2. The monoisotopic (exact) mass is 590 g/mol. The van der Waals surface area contributed by atoms with Gasteiger partial charge in [0.15, 0.2) is 5.69 Å². The second-order valence-corrected chi connectivity index (χ2v) is 12.3. The van der Waals surface area contributed by atoms with Crippen LogP contribution in [0.25, 0.3) is 11.0 Å². The van der Waals surface area contributed by atoms with Crippen LogP contribution in [-0.2, 0) is 25.0 Å². The average Bonchev–Trinajstić information content (AvgIpc) is 3.59. The quantitative estimate of drug-likeness (QED) is 0.523. The largest absolute Gasteiger partial charge is 0.497 e. The zero-order chi connectivity index (χ0) is 30.4. The van der Waals surface area contributed by atoms with Crippen LogP contribution < -0.4 is 14.8 Å². The molecule has 1 saturated heterocycles. The number of rotatable bonds is 2. The summed E-state index contributed by atoms with van der Waals surface area (Å²) in [6.07, 6.45) is -0.421. The van der Waals surface area contributed by atoms with Gasteiger partial charge in [-0.1, -0.05) is 27.7 Å². The van der Waals surface area contributed by atoms with Crippen LogP contribution in [0.15, 0.2) is 18.2 Å². The Hall–Kier alpha value is -3.61. The van der Waals surface area contributed by atoms with Crippen molar-refractivity contribution in [3.05, 3.63) is 23.9 Å². The second kappa shape index (κ2) is 11.2. The highest BCUT2D eigenvalue weighted by molar-refractivity contribution is 5.89. The number of halogens is 2. The summed E-state index contributed by atoms with van der Waals surface area (Å²) in [4.78, 5) is 48.8. The van der Waals surface area contributed by atoms with E-state index in [1.165, 1.54) is 18.1 Å². The predicted octanol–water partition coefficient (Wildman–Crippen LogP) is 3.47. The first-order valence-electron chi connectivity index (χ1n) is 14.0. The molecule has 3 aliphatic rings. The lowest BCUT2D eigenvalue weighted by Crippen LogP contribution is -2.56. The molecule has 1 aliphatic carbocycles. The van der Waals surface area contributed by atoms with E-state index in [-0.39, 0.29) is 30.1 Å². The average molecular weight is 591 g/mol. The maximum atomic E-state index is 15.7. The minimum absolute atomic E-state index is 0.0227. The van der Waals surface area contributed by atoms with E-state index in [9.17, 15) is 14.4 Å². The minimum atomic E-state index is -3.57. The van der Waals surface area contributed by atoms with Crippen LogP contribution in [0, 0.1) is 17.3 Å². The van der Waals surface area contributed by atoms with E-state index in [2.05, 4.69) is 15.3 Å². The predicted molar refractivity (Wildman–Crippen MR) is 145 cm³/mol. The number of carbonyl (C=O) groups excluding carboxylic acids is 3. The van der Waals surface area contributed by atoms with Crippen LogP contribution in [0.2, 0.25) is 0 Å². The molecule has 0 radical (unpaired) electrons. The lowest BCUT2D eigenvalue weighted by atomic mass is 9.85. The number of alkyl carbamates (subject to hydrolysis) is 1. The van der Waals surface area contributed by atoms with Crippen molar-refractivity contribution in [1.29, 1.82) is 0 Å². The summed E-state index contributed by atoms with van der Waals surface area (Å²) >= 11 is 0. The van der Waals surface area contributed by atoms with E-state index in [0.717, 1.165) is 0 Å². The molecule has 1 aromatic carbocycles. The summed E-state index contributed by atoms with van der Waals surface area (Å²) in [6, 6.07) is 2.72. The molecular formula is C29H36F2N4O7. The standard InChI is InChI=1S/C29H36F2N4O7/c1-15-20(13-36)35-12-22(15)41-25-23(32-18-7-6-17(39-5)11-19(18)33-25)29(30,31)14-40-9-8-16-10-21(16)42-27(38)34-24(26(35)37)28(2,3)4/h6-7,11,13,15-16,20-22,24H,8-10,12,14H2,1-5H3,(H,34,38)/t15-,16+,20+,21+,22-,24+/m0/s1. The topological polar surface area (TPSA) is 129 Å². The van der Waals surface area contributed by atoms with Gasteiger partial charge in [0, 0.05) is 24.5 Å². The lowest BCUT2D eigenvalue weighted by molar-refractivity contribution is -0.139. The summed E-state index contributed by atoms with van der Waals surface area (Å²) in [7, 11) is 1.47. The van der Waals surface area contributed by atoms with Gasteiger partial charge in [-0.25, -0.2) is 14.8 Å². The molecule has 1 saturated carbocycles. The molecule has 11 nitrogen and oxygen atoms in total. The van der Waals surface area contributed by atoms with Gasteiger partial charge >= 0.3 is 12.0 Å². The Kier molecular flexibility index (Phi) is 7.99. The van der Waals surface area contributed by atoms with E-state index in [1.807, 2.05) is 0 Å². The first kappa shape index (κ1) is 29.9. The van der Waals surface area contributed by atoms with Gasteiger partial charge in [-0.05, 0) is 30.4 Å². The molecular weight excluding hydrogens is 554 g/mol. The maximum Gasteiger partial charge on any atom is 0.408 e. The van der Waals surface area contributed by atoms with Crippen LogP contribution in [0.3, 0.4) is 0 Å². The first-order chi connectivity index (χ1) is 19.8. The Morgan fingerprint density at radius 3 is 2.60 bits per heavy atom. The fraction of sp³-hybridized carbons (Fsp3) is 0.621. The van der Waals surface area contributed by atoms with Crippen molar-refractivity contribution in [3.8, 4) is 11.6 Å². The number of alkyl halides is 2. The molecule has 2 amide bonds. The zero-order valence-corrected chi connectivity index (χ0v) is 24.3. The highest BCUT2D eigenvalue weighted by Gasteiger charge is 2.49. The number of fused-ring (bicyclic) bond motifs is 5. The van der Waals surface area contributed by atoms with Crippen molar-refractivity contribution < 1.29 is 42.1 Å². The number of benzene rings is 1. The van der Waals surface area contributed by atoms with Crippen molar-refractivity contribution in [3.63, 3.8) is 0 Å². The molecule has 2 bridgehead atoms. The molecule has 13 heteroatoms. The number of hydrogen-bond acceptors (Lipinski definition) is 9. The van der Waals surface area contributed by atoms with Crippen molar-refractivity contribution in [2.45, 2.75) is 70.8 Å². The minimum Gasteiger partial charge on any atom is -0.497 e. The van der Waals surface area contributed by atoms with Crippen molar-refractivity contribution in [1.82, 2.24) is 20.2 Å². The fourth-order valence-corrected chi connectivity index (χ4v) is 5.45. The van der Waals surface area contributed by atoms with E-state index >= 15 is 8.78 Å². The van der Waals surface area contributed by atoms with Gasteiger partial charge < -0.3 is 34.0 Å². The molecule has 5 rings (SSSR count). The third kappa shape index (κ3) is 5.97. The Morgan fingerprint density at radius 1 is 1.14 bits per heavy atom. The van der Waals surface area contributed by atoms with Gasteiger partial charge in [0.1, 0.15) is 36.9 Å². The summed E-state index contributed by atoms with van der Waals surface area (Å²) in [6.45, 7) is 6.01. The third-order valence-corrected chi connectivity index (χ3v) is 8.14. The van der Waals surface area contributed by atoms with Gasteiger partial charge in [0.05, 0.1) is 30.7 Å². The van der Waals surface area contributed by atoms with Crippen LogP contribution in [0.4, 0.5) is 13.6 Å². The van der Waals surface area contributed by atoms with Gasteiger partial charge in [0.2, 0.25) is 11.8 Å². The molecule has 0 spiro atoms. The highest BCUT2D eigenvalue weighted by atomic mass is 19.3. The highest BCUT2D eigenvalue weighted by Crippen LogP contribution is 2.40. The molecule has 6 atom stereocenters. The number of nitrogens with zero attached hydrogens (tertiary/aromatic N) is 3. The Balaban J connectivity index is 1.55. The Labute approximate surface area is 242 Å². The zero-order valence-electron chi connectivity index (χ0n) is 24.3. The summed E-state index contributed by atoms with van der Waals surface area (Å²) < 4.78 is 53.5. The lowest BCUT2D eigenvalue weighted by Gasteiger charge is -2.34. The molecule has 2 aliphatic heterocycles. The summed E-state index contributed by atoms with van der Waals surface area (Å²) in [5.41, 5.74) is -0.952. The number of methoxy groups -OCH3 is 1. The van der Waals surface area contributed by atoms with Gasteiger partial charge in [-0.3, -0.25) is 4.79 Å². The van der Waals surface area contributed by atoms with Gasteiger partial charge in [0.25, 0.3) is 0 Å². The smallest absolute Gasteiger partial charge is 0.408 e. The van der Waals surface area contributed by atoms with Crippen LogP contribution in [-0.4, -0.2) is 84.3 Å². The number of hydrogen-bond donors (Lipinski definition) is 1. The van der Waals surface area contributed by atoms with E-state index in [0.29, 0.717) is 24.9 Å². The normalized spacial score (nSPS) is 30.1. The Morgan fingerprint density at radius 2 is 1.90 bits per heavy atom. The Bertz CT molecular complexity index is 1370. The van der Waals surface area contributed by atoms with E-state index < -0.39 is 71.7 Å².